The van der Waals surface area contributed by atoms with E-state index in [2.05, 4.69) is 10.0 Å². The highest BCUT2D eigenvalue weighted by molar-refractivity contribution is 7.92. The molecule has 3 N–H and O–H groups in total. The first-order chi connectivity index (χ1) is 9.69. The maximum atomic E-state index is 11.1. The maximum absolute atomic E-state index is 11.1. The molecule has 0 spiro atoms. The number of nitrogens with one attached hydrogen (secondary N) is 2. The Bertz CT molecular complexity index is 537. The summed E-state index contributed by atoms with van der Waals surface area (Å²) >= 11 is 0. The first-order valence-corrected chi connectivity index (χ1v) is 9.12. The maximum Gasteiger partial charge on any atom is 0.229 e. The van der Waals surface area contributed by atoms with Crippen molar-refractivity contribution < 1.29 is 13.5 Å². The number of anilines is 1. The molecule has 0 amide bonds. The summed E-state index contributed by atoms with van der Waals surface area (Å²) in [6, 6.07) is 7.31. The van der Waals surface area contributed by atoms with Crippen molar-refractivity contribution in [2.75, 3.05) is 17.5 Å². The van der Waals surface area contributed by atoms with Crippen LogP contribution in [0.15, 0.2) is 24.3 Å². The van der Waals surface area contributed by atoms with E-state index >= 15 is 0 Å². The number of hydrogen-bond acceptors (Lipinski definition) is 4. The van der Waals surface area contributed by atoms with Gasteiger partial charge >= 0.3 is 0 Å². The van der Waals surface area contributed by atoms with Crippen molar-refractivity contribution in [3.05, 3.63) is 29.8 Å². The summed E-state index contributed by atoms with van der Waals surface area (Å²) in [7, 11) is -3.25. The molecule has 5 nitrogen and oxygen atoms in total. The van der Waals surface area contributed by atoms with Gasteiger partial charge in [-0.1, -0.05) is 26.0 Å². The van der Waals surface area contributed by atoms with Gasteiger partial charge in [0.1, 0.15) is 0 Å². The molecule has 1 atom stereocenters. The zero-order valence-corrected chi connectivity index (χ0v) is 14.0. The van der Waals surface area contributed by atoms with Gasteiger partial charge in [-0.05, 0) is 37.5 Å². The molecule has 0 aliphatic carbocycles. The molecule has 1 unspecified atom stereocenters. The van der Waals surface area contributed by atoms with Gasteiger partial charge in [0.2, 0.25) is 10.0 Å². The van der Waals surface area contributed by atoms with E-state index in [4.69, 9.17) is 0 Å². The molecule has 0 heterocycles. The average Bonchev–Trinajstić information content (AvgIpc) is 2.43. The van der Waals surface area contributed by atoms with Gasteiger partial charge in [-0.2, -0.15) is 0 Å². The van der Waals surface area contributed by atoms with Crippen LogP contribution in [0.2, 0.25) is 0 Å². The Morgan fingerprint density at radius 2 is 1.71 bits per heavy atom. The molecule has 0 saturated heterocycles. The predicted octanol–water partition coefficient (Wildman–Crippen LogP) is 2.26. The van der Waals surface area contributed by atoms with Crippen LogP contribution in [0.25, 0.3) is 0 Å². The molecular weight excluding hydrogens is 288 g/mol. The van der Waals surface area contributed by atoms with Crippen molar-refractivity contribution in [2.45, 2.75) is 45.3 Å². The Morgan fingerprint density at radius 1 is 1.19 bits per heavy atom. The summed E-state index contributed by atoms with van der Waals surface area (Å²) in [5.74, 6) is 0. The standard InChI is InChI=1S/C15H26N2O3S/c1-5-15(18,6-2)11-16-12(3)13-7-9-14(10-8-13)17-21(4,19)20/h7-10,12,16-18H,5-6,11H2,1-4H3. The number of benzene rings is 1. The smallest absolute Gasteiger partial charge is 0.229 e. The molecule has 120 valence electrons. The summed E-state index contributed by atoms with van der Waals surface area (Å²) in [4.78, 5) is 0. The Balaban J connectivity index is 2.65. The molecule has 0 fully saturated rings. The van der Waals surface area contributed by atoms with Gasteiger partial charge in [0, 0.05) is 18.3 Å². The first kappa shape index (κ1) is 17.9. The second kappa shape index (κ2) is 7.24. The highest BCUT2D eigenvalue weighted by atomic mass is 32.2. The summed E-state index contributed by atoms with van der Waals surface area (Å²) < 4.78 is 24.7. The fourth-order valence-corrected chi connectivity index (χ4v) is 2.58. The Hall–Kier alpha value is -1.11. The summed E-state index contributed by atoms with van der Waals surface area (Å²) in [5, 5.41) is 13.6. The van der Waals surface area contributed by atoms with Gasteiger partial charge in [0.25, 0.3) is 0 Å². The van der Waals surface area contributed by atoms with Crippen LogP contribution in [-0.2, 0) is 10.0 Å². The first-order valence-electron chi connectivity index (χ1n) is 7.22. The van der Waals surface area contributed by atoms with E-state index in [1.807, 2.05) is 32.9 Å². The topological polar surface area (TPSA) is 78.4 Å². The van der Waals surface area contributed by atoms with Crippen LogP contribution in [0.5, 0.6) is 0 Å². The summed E-state index contributed by atoms with van der Waals surface area (Å²) in [6.07, 6.45) is 2.54. The van der Waals surface area contributed by atoms with Crippen molar-refractivity contribution in [3.8, 4) is 0 Å². The van der Waals surface area contributed by atoms with Gasteiger partial charge < -0.3 is 10.4 Å². The molecule has 0 aliphatic heterocycles. The van der Waals surface area contributed by atoms with Crippen LogP contribution in [0, 0.1) is 0 Å². The van der Waals surface area contributed by atoms with Crippen LogP contribution in [0.1, 0.15) is 45.2 Å². The lowest BCUT2D eigenvalue weighted by Crippen LogP contribution is -2.40. The molecule has 1 aromatic rings. The molecule has 0 aliphatic rings. The van der Waals surface area contributed by atoms with E-state index in [0.29, 0.717) is 25.1 Å². The molecule has 1 aromatic carbocycles. The van der Waals surface area contributed by atoms with Crippen LogP contribution in [0.3, 0.4) is 0 Å². The van der Waals surface area contributed by atoms with E-state index in [-0.39, 0.29) is 6.04 Å². The van der Waals surface area contributed by atoms with Crippen molar-refractivity contribution in [1.82, 2.24) is 5.32 Å². The lowest BCUT2D eigenvalue weighted by atomic mass is 9.96. The van der Waals surface area contributed by atoms with E-state index in [9.17, 15) is 13.5 Å². The largest absolute Gasteiger partial charge is 0.389 e. The highest BCUT2D eigenvalue weighted by Crippen LogP contribution is 2.19. The lowest BCUT2D eigenvalue weighted by molar-refractivity contribution is 0.0303. The fourth-order valence-electron chi connectivity index (χ4n) is 2.01. The van der Waals surface area contributed by atoms with Crippen LogP contribution < -0.4 is 10.0 Å². The van der Waals surface area contributed by atoms with Gasteiger partial charge in [-0.15, -0.1) is 0 Å². The molecule has 6 heteroatoms. The monoisotopic (exact) mass is 314 g/mol. The molecule has 1 rings (SSSR count). The SMILES string of the molecule is CCC(O)(CC)CNC(C)c1ccc(NS(C)(=O)=O)cc1. The van der Waals surface area contributed by atoms with E-state index in [1.165, 1.54) is 0 Å². The van der Waals surface area contributed by atoms with E-state index in [1.54, 1.807) is 12.1 Å². The average molecular weight is 314 g/mol. The van der Waals surface area contributed by atoms with Crippen molar-refractivity contribution in [2.24, 2.45) is 0 Å². The van der Waals surface area contributed by atoms with Crippen molar-refractivity contribution in [1.29, 1.82) is 0 Å². The van der Waals surface area contributed by atoms with Gasteiger partial charge in [-0.3, -0.25) is 4.72 Å². The second-order valence-electron chi connectivity index (χ2n) is 5.53. The minimum absolute atomic E-state index is 0.0851. The lowest BCUT2D eigenvalue weighted by Gasteiger charge is -2.27. The van der Waals surface area contributed by atoms with Gasteiger partial charge in [-0.25, -0.2) is 8.42 Å². The normalized spacial score (nSPS) is 14.0. The Labute approximate surface area is 127 Å². The third-order valence-electron chi connectivity index (χ3n) is 3.77. The predicted molar refractivity (Wildman–Crippen MR) is 86.9 cm³/mol. The molecular formula is C15H26N2O3S. The molecule has 0 bridgehead atoms. The molecule has 0 radical (unpaired) electrons. The minimum Gasteiger partial charge on any atom is -0.389 e. The van der Waals surface area contributed by atoms with Crippen LogP contribution in [-0.4, -0.2) is 31.9 Å². The summed E-state index contributed by atoms with van der Waals surface area (Å²) in [6.45, 7) is 6.50. The minimum atomic E-state index is -3.25. The highest BCUT2D eigenvalue weighted by Gasteiger charge is 2.22. The van der Waals surface area contributed by atoms with Gasteiger partial charge in [0.15, 0.2) is 0 Å². The van der Waals surface area contributed by atoms with E-state index < -0.39 is 15.6 Å². The van der Waals surface area contributed by atoms with Crippen LogP contribution in [0.4, 0.5) is 5.69 Å². The molecule has 0 saturated carbocycles. The number of sulfonamides is 1. The fraction of sp³-hybridized carbons (Fsp3) is 0.600. The van der Waals surface area contributed by atoms with E-state index in [0.717, 1.165) is 11.8 Å². The second-order valence-corrected chi connectivity index (χ2v) is 7.28. The Morgan fingerprint density at radius 3 is 2.14 bits per heavy atom. The third-order valence-corrected chi connectivity index (χ3v) is 4.37. The molecule has 0 aromatic heterocycles. The quantitative estimate of drug-likeness (QED) is 0.688. The van der Waals surface area contributed by atoms with Crippen molar-refractivity contribution >= 4 is 15.7 Å². The number of aliphatic hydroxyl groups is 1. The third kappa shape index (κ3) is 6.03. The zero-order valence-electron chi connectivity index (χ0n) is 13.2. The molecule has 21 heavy (non-hydrogen) atoms. The van der Waals surface area contributed by atoms with Crippen molar-refractivity contribution in [3.63, 3.8) is 0 Å². The van der Waals surface area contributed by atoms with Gasteiger partial charge in [0.05, 0.1) is 11.9 Å². The summed E-state index contributed by atoms with van der Waals surface area (Å²) in [5.41, 5.74) is 0.919. The zero-order chi connectivity index (χ0) is 16.1. The Kier molecular flexibility index (Phi) is 6.19. The van der Waals surface area contributed by atoms with Crippen LogP contribution >= 0.6 is 0 Å². The number of rotatable bonds is 8. The number of hydrogen-bond donors (Lipinski definition) is 3.